The summed E-state index contributed by atoms with van der Waals surface area (Å²) in [6.07, 6.45) is 8.04. The molecular formula is C13H22N4O. The molecule has 1 unspecified atom stereocenters. The molecule has 2 rings (SSSR count). The molecule has 1 fully saturated rings. The monoisotopic (exact) mass is 250 g/mol. The Balaban J connectivity index is 2.00. The Morgan fingerprint density at radius 2 is 2.22 bits per heavy atom. The van der Waals surface area contributed by atoms with Gasteiger partial charge in [-0.2, -0.15) is 0 Å². The summed E-state index contributed by atoms with van der Waals surface area (Å²) < 4.78 is 0. The molecule has 0 bridgehead atoms. The first kappa shape index (κ1) is 13.2. The number of aliphatic hydroxyl groups excluding tert-OH is 1. The van der Waals surface area contributed by atoms with Gasteiger partial charge in [0.2, 0.25) is 5.95 Å². The number of nitrogens with one attached hydrogen (secondary N) is 1. The van der Waals surface area contributed by atoms with Crippen LogP contribution in [0.1, 0.15) is 31.2 Å². The fraction of sp³-hybridized carbons (Fsp3) is 0.692. The molecule has 0 radical (unpaired) electrons. The normalized spacial score (nSPS) is 19.4. The molecular weight excluding hydrogens is 228 g/mol. The fourth-order valence-electron chi connectivity index (χ4n) is 2.52. The predicted octanol–water partition coefficient (Wildman–Crippen LogP) is 0.937. The predicted molar refractivity (Wildman–Crippen MR) is 71.5 cm³/mol. The second kappa shape index (κ2) is 6.66. The first-order chi connectivity index (χ1) is 8.85. The molecule has 2 N–H and O–H groups in total. The van der Waals surface area contributed by atoms with Crippen molar-refractivity contribution in [3.05, 3.63) is 18.0 Å². The van der Waals surface area contributed by atoms with Crippen LogP contribution in [0.4, 0.5) is 5.95 Å². The molecule has 5 heteroatoms. The molecule has 1 aromatic heterocycles. The largest absolute Gasteiger partial charge is 0.396 e. The average molecular weight is 250 g/mol. The van der Waals surface area contributed by atoms with E-state index >= 15 is 0 Å². The number of anilines is 1. The molecule has 1 atom stereocenters. The lowest BCUT2D eigenvalue weighted by Gasteiger charge is -2.24. The molecule has 0 saturated carbocycles. The van der Waals surface area contributed by atoms with Crippen molar-refractivity contribution in [3.8, 4) is 0 Å². The number of hydrogen-bond donors (Lipinski definition) is 2. The molecule has 100 valence electrons. The highest BCUT2D eigenvalue weighted by Gasteiger charge is 2.25. The van der Waals surface area contributed by atoms with Crippen molar-refractivity contribution >= 4 is 5.95 Å². The van der Waals surface area contributed by atoms with Crippen molar-refractivity contribution < 1.29 is 5.11 Å². The van der Waals surface area contributed by atoms with Gasteiger partial charge in [-0.1, -0.05) is 0 Å². The summed E-state index contributed by atoms with van der Waals surface area (Å²) in [5.74, 6) is 0.829. The van der Waals surface area contributed by atoms with Crippen LogP contribution in [-0.4, -0.2) is 41.3 Å². The topological polar surface area (TPSA) is 61.3 Å². The Kier molecular flexibility index (Phi) is 4.90. The number of rotatable bonds is 6. The maximum atomic E-state index is 8.92. The Bertz CT molecular complexity index is 355. The lowest BCUT2D eigenvalue weighted by Crippen LogP contribution is -2.31. The Labute approximate surface area is 108 Å². The summed E-state index contributed by atoms with van der Waals surface area (Å²) >= 11 is 0. The first-order valence-electron chi connectivity index (χ1n) is 6.68. The number of aliphatic hydroxyl groups is 1. The van der Waals surface area contributed by atoms with Crippen molar-refractivity contribution in [2.24, 2.45) is 0 Å². The van der Waals surface area contributed by atoms with Gasteiger partial charge in [0.1, 0.15) is 0 Å². The minimum absolute atomic E-state index is 0.270. The van der Waals surface area contributed by atoms with E-state index in [0.717, 1.165) is 37.4 Å². The average Bonchev–Trinajstić information content (AvgIpc) is 2.86. The third-order valence-corrected chi connectivity index (χ3v) is 3.40. The van der Waals surface area contributed by atoms with Crippen LogP contribution >= 0.6 is 0 Å². The maximum Gasteiger partial charge on any atom is 0.225 e. The van der Waals surface area contributed by atoms with Gasteiger partial charge in [0.25, 0.3) is 0 Å². The lowest BCUT2D eigenvalue weighted by molar-refractivity contribution is 0.279. The summed E-state index contributed by atoms with van der Waals surface area (Å²) in [6, 6.07) is 0.493. The van der Waals surface area contributed by atoms with Crippen LogP contribution in [0.25, 0.3) is 0 Å². The van der Waals surface area contributed by atoms with Gasteiger partial charge in [0.05, 0.1) is 0 Å². The van der Waals surface area contributed by atoms with Crippen LogP contribution < -0.4 is 10.2 Å². The van der Waals surface area contributed by atoms with Gasteiger partial charge in [0, 0.05) is 43.7 Å². The minimum Gasteiger partial charge on any atom is -0.396 e. The van der Waals surface area contributed by atoms with E-state index in [1.807, 2.05) is 19.4 Å². The molecule has 1 aromatic rings. The van der Waals surface area contributed by atoms with Crippen LogP contribution in [0.2, 0.25) is 0 Å². The maximum absolute atomic E-state index is 8.92. The highest BCUT2D eigenvalue weighted by atomic mass is 16.2. The SMILES string of the molecule is CNCc1cnc(N2CCCC2CCCO)nc1. The number of nitrogens with zero attached hydrogens (tertiary/aromatic N) is 3. The molecule has 18 heavy (non-hydrogen) atoms. The van der Waals surface area contributed by atoms with Crippen LogP contribution in [0.5, 0.6) is 0 Å². The molecule has 0 aliphatic carbocycles. The molecule has 2 heterocycles. The highest BCUT2D eigenvalue weighted by molar-refractivity contribution is 5.33. The quantitative estimate of drug-likeness (QED) is 0.786. The molecule has 1 aliphatic heterocycles. The molecule has 5 nitrogen and oxygen atoms in total. The van der Waals surface area contributed by atoms with Gasteiger partial charge < -0.3 is 15.3 Å². The van der Waals surface area contributed by atoms with Crippen molar-refractivity contribution in [3.63, 3.8) is 0 Å². The first-order valence-corrected chi connectivity index (χ1v) is 6.68. The van der Waals surface area contributed by atoms with Crippen molar-refractivity contribution in [2.45, 2.75) is 38.3 Å². The van der Waals surface area contributed by atoms with E-state index in [4.69, 9.17) is 5.11 Å². The molecule has 1 saturated heterocycles. The second-order valence-corrected chi connectivity index (χ2v) is 4.78. The van der Waals surface area contributed by atoms with E-state index in [0.29, 0.717) is 6.04 Å². The fourth-order valence-corrected chi connectivity index (χ4v) is 2.52. The van der Waals surface area contributed by atoms with Crippen molar-refractivity contribution in [2.75, 3.05) is 25.1 Å². The summed E-state index contributed by atoms with van der Waals surface area (Å²) in [5, 5.41) is 12.0. The van der Waals surface area contributed by atoms with Gasteiger partial charge in [-0.05, 0) is 32.7 Å². The van der Waals surface area contributed by atoms with E-state index in [9.17, 15) is 0 Å². The van der Waals surface area contributed by atoms with Crippen molar-refractivity contribution in [1.29, 1.82) is 0 Å². The lowest BCUT2D eigenvalue weighted by atomic mass is 10.1. The van der Waals surface area contributed by atoms with Gasteiger partial charge >= 0.3 is 0 Å². The molecule has 1 aliphatic rings. The summed E-state index contributed by atoms with van der Waals surface area (Å²) in [4.78, 5) is 11.2. The Hall–Kier alpha value is -1.20. The highest BCUT2D eigenvalue weighted by Crippen LogP contribution is 2.25. The summed E-state index contributed by atoms with van der Waals surface area (Å²) in [7, 11) is 1.92. The summed E-state index contributed by atoms with van der Waals surface area (Å²) in [6.45, 7) is 2.10. The smallest absolute Gasteiger partial charge is 0.225 e. The van der Waals surface area contributed by atoms with E-state index in [1.54, 1.807) is 0 Å². The zero-order valence-electron chi connectivity index (χ0n) is 11.0. The zero-order valence-corrected chi connectivity index (χ0v) is 11.0. The van der Waals surface area contributed by atoms with Gasteiger partial charge in [-0.25, -0.2) is 9.97 Å². The minimum atomic E-state index is 0.270. The molecule has 0 aromatic carbocycles. The Morgan fingerprint density at radius 1 is 1.44 bits per heavy atom. The van der Waals surface area contributed by atoms with Crippen LogP contribution in [0.15, 0.2) is 12.4 Å². The van der Waals surface area contributed by atoms with E-state index in [-0.39, 0.29) is 6.61 Å². The molecule has 0 amide bonds. The third-order valence-electron chi connectivity index (χ3n) is 3.40. The van der Waals surface area contributed by atoms with Crippen LogP contribution in [-0.2, 0) is 6.54 Å². The standard InChI is InChI=1S/C13H22N4O/c1-14-8-11-9-15-13(16-10-11)17-6-2-4-12(17)5-3-7-18/h9-10,12,14,18H,2-8H2,1H3. The summed E-state index contributed by atoms with van der Waals surface area (Å²) in [5.41, 5.74) is 1.10. The van der Waals surface area contributed by atoms with Gasteiger partial charge in [0.15, 0.2) is 0 Å². The number of aromatic nitrogens is 2. The van der Waals surface area contributed by atoms with E-state index in [1.165, 1.54) is 12.8 Å². The van der Waals surface area contributed by atoms with Gasteiger partial charge in [-0.3, -0.25) is 0 Å². The molecule has 0 spiro atoms. The zero-order chi connectivity index (χ0) is 12.8. The van der Waals surface area contributed by atoms with Crippen molar-refractivity contribution in [1.82, 2.24) is 15.3 Å². The van der Waals surface area contributed by atoms with Gasteiger partial charge in [-0.15, -0.1) is 0 Å². The van der Waals surface area contributed by atoms with E-state index < -0.39 is 0 Å². The van der Waals surface area contributed by atoms with Crippen LogP contribution in [0, 0.1) is 0 Å². The van der Waals surface area contributed by atoms with E-state index in [2.05, 4.69) is 20.2 Å². The Morgan fingerprint density at radius 3 is 2.89 bits per heavy atom. The third kappa shape index (κ3) is 3.17. The van der Waals surface area contributed by atoms with Crippen LogP contribution in [0.3, 0.4) is 0 Å². The number of hydrogen-bond acceptors (Lipinski definition) is 5. The second-order valence-electron chi connectivity index (χ2n) is 4.78.